The number of aliphatic carboxylic acids is 1. The lowest BCUT2D eigenvalue weighted by atomic mass is 10.1. The number of fused-ring (bicyclic) bond motifs is 1. The molecule has 0 radical (unpaired) electrons. The normalized spacial score (nSPS) is 23.1. The van der Waals surface area contributed by atoms with E-state index in [4.69, 9.17) is 0 Å². The number of benzene rings is 1. The summed E-state index contributed by atoms with van der Waals surface area (Å²) in [5.41, 5.74) is 1.46. The maximum absolute atomic E-state index is 12.7. The van der Waals surface area contributed by atoms with Crippen molar-refractivity contribution in [1.82, 2.24) is 15.0 Å². The molecular formula is C20H20F3N5O4S. The molecule has 176 valence electrons. The first kappa shape index (κ1) is 23.1. The highest BCUT2D eigenvalue weighted by atomic mass is 32.1. The van der Waals surface area contributed by atoms with Gasteiger partial charge < -0.3 is 26.0 Å². The number of anilines is 2. The Kier molecular flexibility index (Phi) is 6.12. The number of alkyl halides is 3. The van der Waals surface area contributed by atoms with Crippen molar-refractivity contribution in [3.8, 4) is 10.6 Å². The molecule has 4 rings (SSSR count). The molecule has 0 saturated heterocycles. The zero-order chi connectivity index (χ0) is 23.9. The zero-order valence-electron chi connectivity index (χ0n) is 17.2. The van der Waals surface area contributed by atoms with Crippen LogP contribution in [0.2, 0.25) is 0 Å². The number of aryl methyl sites for hydroxylation is 1. The van der Waals surface area contributed by atoms with Crippen LogP contribution in [0.1, 0.15) is 12.1 Å². The number of nitrogens with one attached hydrogen (secondary N) is 2. The van der Waals surface area contributed by atoms with Crippen molar-refractivity contribution in [2.75, 3.05) is 17.2 Å². The summed E-state index contributed by atoms with van der Waals surface area (Å²) < 4.78 is 38.9. The maximum atomic E-state index is 12.7. The predicted molar refractivity (Wildman–Crippen MR) is 115 cm³/mol. The topological polar surface area (TPSA) is 140 Å². The number of rotatable bonds is 6. The molecule has 3 aromatic rings. The largest absolute Gasteiger partial charge is 0.481 e. The Balaban J connectivity index is 1.74. The molecule has 2 aromatic heterocycles. The minimum Gasteiger partial charge on any atom is -0.481 e. The third-order valence-electron chi connectivity index (χ3n) is 5.37. The number of halogens is 3. The molecule has 0 amide bonds. The Morgan fingerprint density at radius 1 is 1.18 bits per heavy atom. The molecule has 0 aliphatic heterocycles. The summed E-state index contributed by atoms with van der Waals surface area (Å²) in [5, 5.41) is 35.3. The molecule has 1 aromatic carbocycles. The van der Waals surface area contributed by atoms with Crippen LogP contribution in [0.3, 0.4) is 0 Å². The fourth-order valence-electron chi connectivity index (χ4n) is 3.77. The first-order valence-corrected chi connectivity index (χ1v) is 10.8. The van der Waals surface area contributed by atoms with Crippen LogP contribution in [0.25, 0.3) is 20.8 Å². The Labute approximate surface area is 189 Å². The van der Waals surface area contributed by atoms with Crippen molar-refractivity contribution in [2.45, 2.75) is 37.8 Å². The smallest absolute Gasteiger partial charge is 0.405 e. The molecule has 4 atom stereocenters. The number of para-hydroxylation sites is 1. The Hall–Kier alpha value is -3.03. The molecule has 13 heteroatoms. The summed E-state index contributed by atoms with van der Waals surface area (Å²) in [7, 11) is 0. The van der Waals surface area contributed by atoms with Crippen molar-refractivity contribution >= 4 is 39.3 Å². The highest BCUT2D eigenvalue weighted by Crippen LogP contribution is 2.38. The molecule has 2 heterocycles. The van der Waals surface area contributed by atoms with Crippen LogP contribution < -0.4 is 10.6 Å². The van der Waals surface area contributed by atoms with E-state index in [2.05, 4.69) is 25.6 Å². The van der Waals surface area contributed by atoms with Gasteiger partial charge in [0, 0.05) is 0 Å². The lowest BCUT2D eigenvalue weighted by molar-refractivity contribution is -0.145. The Bertz CT molecular complexity index is 1160. The van der Waals surface area contributed by atoms with Crippen LogP contribution in [0, 0.1) is 12.8 Å². The minimum atomic E-state index is -4.49. The third-order valence-corrected chi connectivity index (χ3v) is 6.42. The molecule has 9 nitrogen and oxygen atoms in total. The highest BCUT2D eigenvalue weighted by molar-refractivity contribution is 7.21. The van der Waals surface area contributed by atoms with Gasteiger partial charge in [-0.3, -0.25) is 4.79 Å². The van der Waals surface area contributed by atoms with Crippen LogP contribution >= 0.6 is 11.3 Å². The summed E-state index contributed by atoms with van der Waals surface area (Å²) in [6.07, 6.45) is -7.52. The van der Waals surface area contributed by atoms with E-state index in [-0.39, 0.29) is 18.2 Å². The van der Waals surface area contributed by atoms with Gasteiger partial charge in [-0.05, 0) is 25.5 Å². The number of nitrogens with zero attached hydrogens (tertiary/aromatic N) is 3. The predicted octanol–water partition coefficient (Wildman–Crippen LogP) is 2.64. The van der Waals surface area contributed by atoms with Gasteiger partial charge in [-0.2, -0.15) is 18.2 Å². The molecule has 5 N–H and O–H groups in total. The number of carbonyl (C=O) groups is 1. The SMILES string of the molecule is Cc1nc(NCC(F)(F)F)nc(N[C@@H]2C[C@H](C(=O)O)[C@@H](O)[C@H]2O)c1-c1nc2ccccc2s1. The number of aliphatic hydroxyl groups is 2. The fourth-order valence-corrected chi connectivity index (χ4v) is 4.83. The number of carboxylic acid groups (broad SMARTS) is 1. The second-order valence-electron chi connectivity index (χ2n) is 7.72. The lowest BCUT2D eigenvalue weighted by Crippen LogP contribution is -2.36. The molecular weight excluding hydrogens is 463 g/mol. The third kappa shape index (κ3) is 4.84. The van der Waals surface area contributed by atoms with Gasteiger partial charge >= 0.3 is 12.1 Å². The average molecular weight is 483 g/mol. The summed E-state index contributed by atoms with van der Waals surface area (Å²) in [6.45, 7) is 0.241. The van der Waals surface area contributed by atoms with E-state index < -0.39 is 42.9 Å². The molecule has 1 aliphatic carbocycles. The van der Waals surface area contributed by atoms with Gasteiger partial charge in [0.25, 0.3) is 0 Å². The molecule has 1 aliphatic rings. The Morgan fingerprint density at radius 2 is 1.91 bits per heavy atom. The fraction of sp³-hybridized carbons (Fsp3) is 0.400. The van der Waals surface area contributed by atoms with Crippen molar-refractivity contribution < 1.29 is 33.3 Å². The highest BCUT2D eigenvalue weighted by Gasteiger charge is 2.45. The average Bonchev–Trinajstić information content (AvgIpc) is 3.28. The number of carboxylic acids is 1. The standard InChI is InChI=1S/C20H20F3N5O4S/c1-8-13(17-27-10-4-2-3-5-12(10)33-17)16(28-19(25-8)24-7-20(21,22)23)26-11-6-9(18(31)32)14(29)15(11)30/h2-5,9,11,14-15,29-30H,6-7H2,1H3,(H,31,32)(H2,24,25,26,28)/t9-,11+,14+,15-/m0/s1. The first-order chi connectivity index (χ1) is 15.5. The second kappa shape index (κ2) is 8.72. The summed E-state index contributed by atoms with van der Waals surface area (Å²) >= 11 is 1.33. The van der Waals surface area contributed by atoms with Gasteiger partial charge in [-0.15, -0.1) is 11.3 Å². The molecule has 1 fully saturated rings. The van der Waals surface area contributed by atoms with E-state index >= 15 is 0 Å². The van der Waals surface area contributed by atoms with E-state index in [0.717, 1.165) is 4.70 Å². The van der Waals surface area contributed by atoms with E-state index in [1.54, 1.807) is 6.92 Å². The second-order valence-corrected chi connectivity index (χ2v) is 8.75. The quantitative estimate of drug-likeness (QED) is 0.358. The molecule has 0 unspecified atom stereocenters. The van der Waals surface area contributed by atoms with Gasteiger partial charge in [0.1, 0.15) is 23.5 Å². The zero-order valence-corrected chi connectivity index (χ0v) is 18.0. The van der Waals surface area contributed by atoms with Gasteiger partial charge in [-0.1, -0.05) is 12.1 Å². The minimum absolute atomic E-state index is 0.0773. The number of hydrogen-bond acceptors (Lipinski definition) is 9. The number of aliphatic hydroxyl groups excluding tert-OH is 2. The van der Waals surface area contributed by atoms with Gasteiger partial charge in [0.15, 0.2) is 0 Å². The summed E-state index contributed by atoms with van der Waals surface area (Å²) in [4.78, 5) is 24.2. The van der Waals surface area contributed by atoms with Crippen molar-refractivity contribution in [3.05, 3.63) is 30.0 Å². The number of aromatic nitrogens is 3. The Morgan fingerprint density at radius 3 is 2.55 bits per heavy atom. The molecule has 1 saturated carbocycles. The van der Waals surface area contributed by atoms with Gasteiger partial charge in [-0.25, -0.2) is 9.97 Å². The van der Waals surface area contributed by atoms with Crippen LogP contribution in [-0.2, 0) is 4.79 Å². The van der Waals surface area contributed by atoms with E-state index in [9.17, 15) is 33.3 Å². The maximum Gasteiger partial charge on any atom is 0.405 e. The van der Waals surface area contributed by atoms with Gasteiger partial charge in [0.2, 0.25) is 5.95 Å². The van der Waals surface area contributed by atoms with E-state index in [1.165, 1.54) is 11.3 Å². The van der Waals surface area contributed by atoms with E-state index in [0.29, 0.717) is 21.8 Å². The number of thiazole rings is 1. The summed E-state index contributed by atoms with van der Waals surface area (Å²) in [6, 6.07) is 6.44. The summed E-state index contributed by atoms with van der Waals surface area (Å²) in [5.74, 6) is -2.67. The van der Waals surface area contributed by atoms with E-state index in [1.807, 2.05) is 24.3 Å². The van der Waals surface area contributed by atoms with Crippen LogP contribution in [-0.4, -0.2) is 67.2 Å². The van der Waals surface area contributed by atoms with Crippen molar-refractivity contribution in [2.24, 2.45) is 5.92 Å². The van der Waals surface area contributed by atoms with Crippen molar-refractivity contribution in [3.63, 3.8) is 0 Å². The first-order valence-electron chi connectivity index (χ1n) is 9.94. The molecule has 0 spiro atoms. The van der Waals surface area contributed by atoms with Crippen LogP contribution in [0.4, 0.5) is 24.9 Å². The van der Waals surface area contributed by atoms with Gasteiger partial charge in [0.05, 0.1) is 39.5 Å². The van der Waals surface area contributed by atoms with Crippen molar-refractivity contribution in [1.29, 1.82) is 0 Å². The monoisotopic (exact) mass is 483 g/mol. The lowest BCUT2D eigenvalue weighted by Gasteiger charge is -2.21. The van der Waals surface area contributed by atoms with Crippen LogP contribution in [0.5, 0.6) is 0 Å². The number of hydrogen-bond donors (Lipinski definition) is 5. The van der Waals surface area contributed by atoms with Crippen LogP contribution in [0.15, 0.2) is 24.3 Å². The molecule has 33 heavy (non-hydrogen) atoms. The molecule has 0 bridgehead atoms.